The zero-order valence-electron chi connectivity index (χ0n) is 8.32. The molecule has 1 N–H and O–H groups in total. The zero-order chi connectivity index (χ0) is 9.64. The van der Waals surface area contributed by atoms with Crippen molar-refractivity contribution in [3.8, 4) is 0 Å². The van der Waals surface area contributed by atoms with Crippen molar-refractivity contribution in [2.75, 3.05) is 6.54 Å². The van der Waals surface area contributed by atoms with E-state index in [-0.39, 0.29) is 0 Å². The minimum absolute atomic E-state index is 0.673. The monoisotopic (exact) mass is 188 g/mol. The van der Waals surface area contributed by atoms with Crippen molar-refractivity contribution >= 4 is 0 Å². The predicted molar refractivity (Wildman–Crippen MR) is 58.1 cm³/mol. The maximum atomic E-state index is 4.09. The van der Waals surface area contributed by atoms with Gasteiger partial charge in [-0.05, 0) is 37.4 Å². The lowest BCUT2D eigenvalue weighted by Gasteiger charge is -2.11. The third-order valence-electron chi connectivity index (χ3n) is 2.58. The van der Waals surface area contributed by atoms with Crippen molar-refractivity contribution in [2.45, 2.75) is 25.3 Å². The van der Waals surface area contributed by atoms with Crippen molar-refractivity contribution in [2.24, 2.45) is 0 Å². The minimum Gasteiger partial charge on any atom is -0.313 e. The van der Waals surface area contributed by atoms with Crippen LogP contribution >= 0.6 is 0 Å². The Morgan fingerprint density at radius 2 is 2.21 bits per heavy atom. The molecule has 0 saturated heterocycles. The van der Waals surface area contributed by atoms with Crippen LogP contribution in [0.15, 0.2) is 36.7 Å². The van der Waals surface area contributed by atoms with Gasteiger partial charge in [-0.15, -0.1) is 0 Å². The molecule has 0 amide bonds. The highest BCUT2D eigenvalue weighted by atomic mass is 14.9. The summed E-state index contributed by atoms with van der Waals surface area (Å²) in [7, 11) is 0. The Bertz CT molecular complexity index is 284. The summed E-state index contributed by atoms with van der Waals surface area (Å²) in [6.07, 6.45) is 11.7. The molecule has 0 radical (unpaired) electrons. The molecular formula is C12H16N2. The maximum Gasteiger partial charge on any atom is 0.0300 e. The molecule has 1 aromatic rings. The summed E-state index contributed by atoms with van der Waals surface area (Å²) >= 11 is 0. The van der Waals surface area contributed by atoms with Gasteiger partial charge < -0.3 is 5.32 Å². The molecule has 2 rings (SSSR count). The van der Waals surface area contributed by atoms with Crippen LogP contribution in [0.1, 0.15) is 18.4 Å². The van der Waals surface area contributed by atoms with Crippen LogP contribution in [0, 0.1) is 0 Å². The number of hydrogen-bond donors (Lipinski definition) is 1. The first-order chi connectivity index (χ1) is 6.95. The van der Waals surface area contributed by atoms with E-state index in [2.05, 4.69) is 28.5 Å². The average molecular weight is 188 g/mol. The first-order valence-corrected chi connectivity index (χ1v) is 5.22. The molecule has 1 aliphatic rings. The summed E-state index contributed by atoms with van der Waals surface area (Å²) < 4.78 is 0. The smallest absolute Gasteiger partial charge is 0.0300 e. The molecule has 1 aliphatic carbocycles. The lowest BCUT2D eigenvalue weighted by molar-refractivity contribution is 0.541. The highest BCUT2D eigenvalue weighted by Gasteiger charge is 2.07. The lowest BCUT2D eigenvalue weighted by atomic mass is 10.2. The largest absolute Gasteiger partial charge is 0.313 e. The second-order valence-corrected chi connectivity index (χ2v) is 3.71. The van der Waals surface area contributed by atoms with Gasteiger partial charge in [0.25, 0.3) is 0 Å². The Kier molecular flexibility index (Phi) is 3.30. The normalized spacial score (nSPS) is 16.3. The van der Waals surface area contributed by atoms with Crippen LogP contribution in [0.25, 0.3) is 0 Å². The molecule has 0 saturated carbocycles. The fourth-order valence-electron chi connectivity index (χ4n) is 1.75. The summed E-state index contributed by atoms with van der Waals surface area (Å²) in [5, 5.41) is 3.54. The Labute approximate surface area is 85.1 Å². The molecule has 0 aliphatic heterocycles. The summed E-state index contributed by atoms with van der Waals surface area (Å²) in [5.74, 6) is 0. The molecule has 74 valence electrons. The van der Waals surface area contributed by atoms with Crippen LogP contribution in [0.4, 0.5) is 0 Å². The fourth-order valence-corrected chi connectivity index (χ4v) is 1.75. The molecule has 0 bridgehead atoms. The van der Waals surface area contributed by atoms with Gasteiger partial charge in [-0.25, -0.2) is 0 Å². The second kappa shape index (κ2) is 4.91. The van der Waals surface area contributed by atoms with Gasteiger partial charge in [0.1, 0.15) is 0 Å². The van der Waals surface area contributed by atoms with Crippen LogP contribution in [0.2, 0.25) is 0 Å². The van der Waals surface area contributed by atoms with Crippen LogP contribution in [-0.4, -0.2) is 17.6 Å². The predicted octanol–water partition coefficient (Wildman–Crippen LogP) is 1.93. The second-order valence-electron chi connectivity index (χ2n) is 3.71. The van der Waals surface area contributed by atoms with Gasteiger partial charge in [0.15, 0.2) is 0 Å². The number of pyridine rings is 1. The fraction of sp³-hybridized carbons (Fsp3) is 0.417. The van der Waals surface area contributed by atoms with Gasteiger partial charge >= 0.3 is 0 Å². The molecule has 0 fully saturated rings. The highest BCUT2D eigenvalue weighted by Crippen LogP contribution is 2.08. The average Bonchev–Trinajstić information content (AvgIpc) is 2.72. The van der Waals surface area contributed by atoms with Gasteiger partial charge in [-0.2, -0.15) is 0 Å². The highest BCUT2D eigenvalue weighted by molar-refractivity contribution is 5.09. The molecule has 14 heavy (non-hydrogen) atoms. The first kappa shape index (κ1) is 9.41. The van der Waals surface area contributed by atoms with Crippen molar-refractivity contribution in [1.29, 1.82) is 0 Å². The SMILES string of the molecule is C1=CCC(NCCc2cccnc2)C1. The van der Waals surface area contributed by atoms with E-state index in [9.17, 15) is 0 Å². The van der Waals surface area contributed by atoms with Crippen molar-refractivity contribution < 1.29 is 0 Å². The zero-order valence-corrected chi connectivity index (χ0v) is 8.32. The van der Waals surface area contributed by atoms with E-state index in [1.807, 2.05) is 18.5 Å². The standard InChI is InChI=1S/C12H16N2/c1-2-6-12(5-1)14-9-7-11-4-3-8-13-10-11/h1-4,8,10,12,14H,5-7,9H2. The van der Waals surface area contributed by atoms with E-state index in [1.54, 1.807) is 0 Å². The van der Waals surface area contributed by atoms with Crippen LogP contribution in [0.3, 0.4) is 0 Å². The minimum atomic E-state index is 0.673. The molecule has 0 atom stereocenters. The summed E-state index contributed by atoms with van der Waals surface area (Å²) in [4.78, 5) is 4.09. The molecule has 0 spiro atoms. The van der Waals surface area contributed by atoms with E-state index >= 15 is 0 Å². The molecule has 2 heteroatoms. The van der Waals surface area contributed by atoms with Crippen molar-refractivity contribution in [3.63, 3.8) is 0 Å². The quantitative estimate of drug-likeness (QED) is 0.730. The topological polar surface area (TPSA) is 24.9 Å². The van der Waals surface area contributed by atoms with Crippen molar-refractivity contribution in [1.82, 2.24) is 10.3 Å². The maximum absolute atomic E-state index is 4.09. The van der Waals surface area contributed by atoms with Crippen LogP contribution in [0.5, 0.6) is 0 Å². The van der Waals surface area contributed by atoms with Gasteiger partial charge in [-0.1, -0.05) is 18.2 Å². The molecule has 0 aromatic carbocycles. The lowest BCUT2D eigenvalue weighted by Crippen LogP contribution is -2.28. The molecule has 1 heterocycles. The van der Waals surface area contributed by atoms with Crippen LogP contribution < -0.4 is 5.32 Å². The van der Waals surface area contributed by atoms with E-state index in [0.717, 1.165) is 13.0 Å². The molecular weight excluding hydrogens is 172 g/mol. The van der Waals surface area contributed by atoms with Gasteiger partial charge in [0.05, 0.1) is 0 Å². The number of nitrogens with one attached hydrogen (secondary N) is 1. The molecule has 1 aromatic heterocycles. The number of hydrogen-bond acceptors (Lipinski definition) is 2. The summed E-state index contributed by atoms with van der Waals surface area (Å²) in [6, 6.07) is 4.79. The van der Waals surface area contributed by atoms with Gasteiger partial charge in [-0.3, -0.25) is 4.98 Å². The van der Waals surface area contributed by atoms with Crippen LogP contribution in [-0.2, 0) is 6.42 Å². The van der Waals surface area contributed by atoms with E-state index in [1.165, 1.54) is 18.4 Å². The Morgan fingerprint density at radius 3 is 2.93 bits per heavy atom. The van der Waals surface area contributed by atoms with Gasteiger partial charge in [0.2, 0.25) is 0 Å². The Hall–Kier alpha value is -1.15. The molecule has 0 unspecified atom stereocenters. The number of nitrogens with zero attached hydrogens (tertiary/aromatic N) is 1. The summed E-state index contributed by atoms with van der Waals surface area (Å²) in [5.41, 5.74) is 1.31. The number of aromatic nitrogens is 1. The van der Waals surface area contributed by atoms with Gasteiger partial charge in [0, 0.05) is 18.4 Å². The summed E-state index contributed by atoms with van der Waals surface area (Å²) in [6.45, 7) is 1.05. The Morgan fingerprint density at radius 1 is 1.36 bits per heavy atom. The third-order valence-corrected chi connectivity index (χ3v) is 2.58. The molecule has 2 nitrogen and oxygen atoms in total. The van der Waals surface area contributed by atoms with E-state index in [0.29, 0.717) is 6.04 Å². The number of rotatable bonds is 4. The van der Waals surface area contributed by atoms with E-state index < -0.39 is 0 Å². The first-order valence-electron chi connectivity index (χ1n) is 5.22. The Balaban J connectivity index is 1.68. The third kappa shape index (κ3) is 2.67. The van der Waals surface area contributed by atoms with Crippen molar-refractivity contribution in [3.05, 3.63) is 42.2 Å². The van der Waals surface area contributed by atoms with E-state index in [4.69, 9.17) is 0 Å².